The average molecular weight is 238 g/mol. The summed E-state index contributed by atoms with van der Waals surface area (Å²) in [5.41, 5.74) is 0. The molecule has 0 aromatic heterocycles. The van der Waals surface area contributed by atoms with Crippen molar-refractivity contribution >= 4 is 5.97 Å². The Morgan fingerprint density at radius 1 is 1.12 bits per heavy atom. The largest absolute Gasteiger partial charge is 0.462 e. The van der Waals surface area contributed by atoms with Gasteiger partial charge in [0, 0.05) is 6.42 Å². The Bertz CT molecular complexity index is 241. The first kappa shape index (κ1) is 12.9. The number of ether oxygens (including phenoxy) is 1. The molecule has 2 fully saturated rings. The average Bonchev–Trinajstić information content (AvgIpc) is 2.77. The summed E-state index contributed by atoms with van der Waals surface area (Å²) in [6.07, 6.45) is 12.7. The minimum absolute atomic E-state index is 0.0278. The van der Waals surface area contributed by atoms with Gasteiger partial charge in [0.25, 0.3) is 0 Å². The highest BCUT2D eigenvalue weighted by atomic mass is 16.5. The topological polar surface area (TPSA) is 26.3 Å². The number of hydrogen-bond donors (Lipinski definition) is 0. The third-order valence-corrected chi connectivity index (χ3v) is 4.55. The van der Waals surface area contributed by atoms with Crippen LogP contribution in [0, 0.1) is 11.8 Å². The van der Waals surface area contributed by atoms with Crippen LogP contribution in [-0.4, -0.2) is 12.1 Å². The van der Waals surface area contributed by atoms with Gasteiger partial charge in [-0.1, -0.05) is 45.4 Å². The summed E-state index contributed by atoms with van der Waals surface area (Å²) in [6.45, 7) is 2.27. The van der Waals surface area contributed by atoms with E-state index in [1.165, 1.54) is 51.4 Å². The van der Waals surface area contributed by atoms with Gasteiger partial charge in [0.15, 0.2) is 0 Å². The molecule has 1 heterocycles. The van der Waals surface area contributed by atoms with Crippen molar-refractivity contribution in [2.24, 2.45) is 11.8 Å². The molecule has 1 saturated heterocycles. The summed E-state index contributed by atoms with van der Waals surface area (Å²) in [5, 5.41) is 0. The quantitative estimate of drug-likeness (QED) is 0.533. The van der Waals surface area contributed by atoms with E-state index in [0.717, 1.165) is 12.3 Å². The van der Waals surface area contributed by atoms with E-state index in [0.29, 0.717) is 12.3 Å². The second kappa shape index (κ2) is 6.42. The van der Waals surface area contributed by atoms with E-state index >= 15 is 0 Å². The van der Waals surface area contributed by atoms with Crippen molar-refractivity contribution in [1.29, 1.82) is 0 Å². The lowest BCUT2D eigenvalue weighted by Gasteiger charge is -2.31. The molecule has 1 aliphatic carbocycles. The van der Waals surface area contributed by atoms with Gasteiger partial charge in [-0.05, 0) is 31.1 Å². The molecule has 17 heavy (non-hydrogen) atoms. The fourth-order valence-corrected chi connectivity index (χ4v) is 3.41. The first-order valence-electron chi connectivity index (χ1n) is 7.49. The van der Waals surface area contributed by atoms with Crippen molar-refractivity contribution in [3.8, 4) is 0 Å². The highest BCUT2D eigenvalue weighted by Crippen LogP contribution is 2.37. The molecule has 1 atom stereocenters. The Morgan fingerprint density at radius 2 is 1.88 bits per heavy atom. The zero-order chi connectivity index (χ0) is 12.1. The van der Waals surface area contributed by atoms with Crippen LogP contribution in [0.15, 0.2) is 0 Å². The van der Waals surface area contributed by atoms with Gasteiger partial charge in [-0.2, -0.15) is 0 Å². The third kappa shape index (κ3) is 3.72. The van der Waals surface area contributed by atoms with E-state index in [2.05, 4.69) is 6.92 Å². The van der Waals surface area contributed by atoms with Gasteiger partial charge in [0.05, 0.1) is 0 Å². The molecule has 0 N–H and O–H groups in total. The Labute approximate surface area is 105 Å². The molecular formula is C15H26O2. The van der Waals surface area contributed by atoms with E-state index in [1.807, 2.05) is 0 Å². The van der Waals surface area contributed by atoms with Crippen LogP contribution in [0.4, 0.5) is 0 Å². The fourth-order valence-electron chi connectivity index (χ4n) is 3.41. The van der Waals surface area contributed by atoms with Crippen LogP contribution < -0.4 is 0 Å². The molecular weight excluding hydrogens is 212 g/mol. The van der Waals surface area contributed by atoms with Gasteiger partial charge in [-0.25, -0.2) is 0 Å². The standard InChI is InChI=1S/C15H26O2/c1-2-3-4-5-12-6-8-13(9-7-12)14-10-11-15(16)17-14/h12-14H,2-11H2,1H3. The number of carbonyl (C=O) groups excluding carboxylic acids is 1. The van der Waals surface area contributed by atoms with Crippen LogP contribution in [0.2, 0.25) is 0 Å². The molecule has 2 rings (SSSR count). The first-order chi connectivity index (χ1) is 8.29. The molecule has 1 unspecified atom stereocenters. The normalized spacial score (nSPS) is 33.7. The van der Waals surface area contributed by atoms with Gasteiger partial charge in [-0.15, -0.1) is 0 Å². The Hall–Kier alpha value is -0.530. The Morgan fingerprint density at radius 3 is 2.47 bits per heavy atom. The molecule has 0 amide bonds. The minimum Gasteiger partial charge on any atom is -0.462 e. The van der Waals surface area contributed by atoms with Crippen LogP contribution in [0.3, 0.4) is 0 Å². The molecule has 0 aromatic carbocycles. The van der Waals surface area contributed by atoms with Gasteiger partial charge < -0.3 is 4.74 Å². The summed E-state index contributed by atoms with van der Waals surface area (Å²) < 4.78 is 5.40. The highest BCUT2D eigenvalue weighted by molar-refractivity contribution is 5.71. The van der Waals surface area contributed by atoms with Crippen LogP contribution in [0.5, 0.6) is 0 Å². The van der Waals surface area contributed by atoms with Crippen molar-refractivity contribution in [2.45, 2.75) is 77.2 Å². The monoisotopic (exact) mass is 238 g/mol. The molecule has 98 valence electrons. The first-order valence-corrected chi connectivity index (χ1v) is 7.49. The zero-order valence-corrected chi connectivity index (χ0v) is 11.1. The molecule has 2 aliphatic rings. The van der Waals surface area contributed by atoms with Crippen LogP contribution in [0.1, 0.15) is 71.1 Å². The maximum absolute atomic E-state index is 11.1. The van der Waals surface area contributed by atoms with Crippen molar-refractivity contribution < 1.29 is 9.53 Å². The van der Waals surface area contributed by atoms with Crippen molar-refractivity contribution in [3.05, 3.63) is 0 Å². The smallest absolute Gasteiger partial charge is 0.306 e. The van der Waals surface area contributed by atoms with E-state index in [4.69, 9.17) is 4.74 Å². The Balaban J connectivity index is 1.65. The summed E-state index contributed by atoms with van der Waals surface area (Å²) in [4.78, 5) is 11.1. The van der Waals surface area contributed by atoms with Crippen molar-refractivity contribution in [3.63, 3.8) is 0 Å². The second-order valence-corrected chi connectivity index (χ2v) is 5.84. The predicted octanol–water partition coefficient (Wildman–Crippen LogP) is 4.08. The van der Waals surface area contributed by atoms with Gasteiger partial charge in [-0.3, -0.25) is 4.79 Å². The molecule has 2 nitrogen and oxygen atoms in total. The second-order valence-electron chi connectivity index (χ2n) is 5.84. The Kier molecular flexibility index (Phi) is 4.87. The van der Waals surface area contributed by atoms with E-state index in [9.17, 15) is 4.79 Å². The van der Waals surface area contributed by atoms with Gasteiger partial charge in [0.2, 0.25) is 0 Å². The summed E-state index contributed by atoms with van der Waals surface area (Å²) in [7, 11) is 0. The zero-order valence-electron chi connectivity index (χ0n) is 11.1. The predicted molar refractivity (Wildman–Crippen MR) is 68.7 cm³/mol. The number of hydrogen-bond acceptors (Lipinski definition) is 2. The number of rotatable bonds is 5. The molecule has 2 heteroatoms. The lowest BCUT2D eigenvalue weighted by molar-refractivity contribution is -0.143. The SMILES string of the molecule is CCCCCC1CCC(C2CCC(=O)O2)CC1. The number of esters is 1. The lowest BCUT2D eigenvalue weighted by Crippen LogP contribution is -2.25. The molecule has 0 radical (unpaired) electrons. The molecule has 1 aliphatic heterocycles. The van der Waals surface area contributed by atoms with E-state index in [1.54, 1.807) is 0 Å². The van der Waals surface area contributed by atoms with Gasteiger partial charge in [0.1, 0.15) is 6.10 Å². The summed E-state index contributed by atoms with van der Waals surface area (Å²) in [5.74, 6) is 1.65. The molecule has 0 aromatic rings. The molecule has 1 saturated carbocycles. The van der Waals surface area contributed by atoms with Crippen molar-refractivity contribution in [2.75, 3.05) is 0 Å². The van der Waals surface area contributed by atoms with Crippen LogP contribution in [-0.2, 0) is 9.53 Å². The molecule has 0 spiro atoms. The number of unbranched alkanes of at least 4 members (excludes halogenated alkanes) is 2. The molecule has 0 bridgehead atoms. The fraction of sp³-hybridized carbons (Fsp3) is 0.933. The highest BCUT2D eigenvalue weighted by Gasteiger charge is 2.33. The van der Waals surface area contributed by atoms with Crippen molar-refractivity contribution in [1.82, 2.24) is 0 Å². The minimum atomic E-state index is 0.0278. The summed E-state index contributed by atoms with van der Waals surface area (Å²) in [6, 6.07) is 0. The number of cyclic esters (lactones) is 1. The van der Waals surface area contributed by atoms with Gasteiger partial charge >= 0.3 is 5.97 Å². The van der Waals surface area contributed by atoms with Crippen LogP contribution >= 0.6 is 0 Å². The summed E-state index contributed by atoms with van der Waals surface area (Å²) >= 11 is 0. The van der Waals surface area contributed by atoms with E-state index < -0.39 is 0 Å². The maximum atomic E-state index is 11.1. The van der Waals surface area contributed by atoms with Crippen LogP contribution in [0.25, 0.3) is 0 Å². The lowest BCUT2D eigenvalue weighted by atomic mass is 9.77. The number of carbonyl (C=O) groups is 1. The van der Waals surface area contributed by atoms with E-state index in [-0.39, 0.29) is 12.1 Å². The third-order valence-electron chi connectivity index (χ3n) is 4.55. The maximum Gasteiger partial charge on any atom is 0.306 e.